The summed E-state index contributed by atoms with van der Waals surface area (Å²) >= 11 is 0. The van der Waals surface area contributed by atoms with E-state index in [0.717, 1.165) is 5.56 Å². The summed E-state index contributed by atoms with van der Waals surface area (Å²) < 4.78 is 0. The van der Waals surface area contributed by atoms with E-state index in [9.17, 15) is 4.79 Å². The highest BCUT2D eigenvalue weighted by Crippen LogP contribution is 2.15. The topological polar surface area (TPSA) is 75.4 Å². The van der Waals surface area contributed by atoms with E-state index in [1.54, 1.807) is 16.0 Å². The monoisotopic (exact) mass is 251 g/mol. The predicted octanol–water partition coefficient (Wildman–Crippen LogP) is 0.672. The second-order valence-corrected chi connectivity index (χ2v) is 4.16. The Morgan fingerprint density at radius 3 is 2.56 bits per heavy atom. The summed E-state index contributed by atoms with van der Waals surface area (Å²) in [4.78, 5) is 23.7. The number of aryl methyl sites for hydroxylation is 1. The van der Waals surface area contributed by atoms with Crippen LogP contribution < -0.4 is 10.6 Å². The molecular formula is C12H21N5O. The molecule has 1 rings (SSSR count). The van der Waals surface area contributed by atoms with Gasteiger partial charge in [-0.15, -0.1) is 0 Å². The van der Waals surface area contributed by atoms with Crippen molar-refractivity contribution in [3.05, 3.63) is 11.8 Å². The van der Waals surface area contributed by atoms with E-state index in [0.29, 0.717) is 25.5 Å². The van der Waals surface area contributed by atoms with Gasteiger partial charge in [-0.2, -0.15) is 4.98 Å². The molecule has 0 fully saturated rings. The highest BCUT2D eigenvalue weighted by molar-refractivity contribution is 5.81. The molecule has 1 aromatic heterocycles. The van der Waals surface area contributed by atoms with E-state index in [1.807, 2.05) is 27.8 Å². The van der Waals surface area contributed by atoms with E-state index in [2.05, 4.69) is 9.97 Å². The van der Waals surface area contributed by atoms with Gasteiger partial charge in [-0.25, -0.2) is 4.98 Å². The number of aromatic nitrogens is 2. The Hall–Kier alpha value is -1.85. The van der Waals surface area contributed by atoms with E-state index in [4.69, 9.17) is 5.73 Å². The van der Waals surface area contributed by atoms with Gasteiger partial charge in [0.05, 0.1) is 6.54 Å². The quantitative estimate of drug-likeness (QED) is 0.832. The number of likely N-dealkylation sites (N-methyl/N-ethyl adjacent to an activating group) is 2. The lowest BCUT2D eigenvalue weighted by Gasteiger charge is -2.24. The molecule has 0 saturated carbocycles. The lowest BCUT2D eigenvalue weighted by molar-refractivity contribution is -0.129. The van der Waals surface area contributed by atoms with Crippen molar-refractivity contribution in [3.63, 3.8) is 0 Å². The second-order valence-electron chi connectivity index (χ2n) is 4.16. The van der Waals surface area contributed by atoms with Crippen LogP contribution in [0.5, 0.6) is 0 Å². The van der Waals surface area contributed by atoms with Gasteiger partial charge in [0.15, 0.2) is 0 Å². The molecule has 1 heterocycles. The fraction of sp³-hybridized carbons (Fsp3) is 0.583. The zero-order valence-electron chi connectivity index (χ0n) is 11.5. The molecule has 0 spiro atoms. The fourth-order valence-electron chi connectivity index (χ4n) is 1.79. The number of nitrogen functional groups attached to an aromatic ring is 1. The van der Waals surface area contributed by atoms with Crippen LogP contribution in [0.2, 0.25) is 0 Å². The van der Waals surface area contributed by atoms with Gasteiger partial charge in [-0.3, -0.25) is 4.79 Å². The van der Waals surface area contributed by atoms with Gasteiger partial charge in [0.2, 0.25) is 11.9 Å². The molecular weight excluding hydrogens is 230 g/mol. The van der Waals surface area contributed by atoms with Gasteiger partial charge in [0, 0.05) is 31.9 Å². The van der Waals surface area contributed by atoms with Gasteiger partial charge < -0.3 is 15.5 Å². The van der Waals surface area contributed by atoms with Crippen LogP contribution in [0.4, 0.5) is 11.8 Å². The highest BCUT2D eigenvalue weighted by Gasteiger charge is 2.15. The molecule has 2 N–H and O–H groups in total. The number of carbonyl (C=O) groups excluding carboxylic acids is 1. The summed E-state index contributed by atoms with van der Waals surface area (Å²) in [6.45, 7) is 7.55. The molecule has 1 aromatic rings. The van der Waals surface area contributed by atoms with E-state index >= 15 is 0 Å². The minimum atomic E-state index is 0.0825. The van der Waals surface area contributed by atoms with Gasteiger partial charge in [-0.1, -0.05) is 0 Å². The molecule has 6 nitrogen and oxygen atoms in total. The lowest BCUT2D eigenvalue weighted by atomic mass is 10.3. The van der Waals surface area contributed by atoms with E-state index < -0.39 is 0 Å². The first-order chi connectivity index (χ1) is 8.49. The third-order valence-corrected chi connectivity index (χ3v) is 2.81. The first-order valence-corrected chi connectivity index (χ1v) is 6.07. The van der Waals surface area contributed by atoms with Gasteiger partial charge in [0.1, 0.15) is 5.82 Å². The second kappa shape index (κ2) is 6.18. The average molecular weight is 251 g/mol. The smallest absolute Gasteiger partial charge is 0.242 e. The van der Waals surface area contributed by atoms with E-state index in [-0.39, 0.29) is 11.9 Å². The number of rotatable bonds is 5. The molecule has 0 aliphatic rings. The zero-order valence-corrected chi connectivity index (χ0v) is 11.5. The average Bonchev–Trinajstić information content (AvgIpc) is 2.33. The van der Waals surface area contributed by atoms with Crippen LogP contribution in [0.3, 0.4) is 0 Å². The summed E-state index contributed by atoms with van der Waals surface area (Å²) in [6.07, 6.45) is 1.66. The largest absolute Gasteiger partial charge is 0.368 e. The van der Waals surface area contributed by atoms with Gasteiger partial charge in [-0.05, 0) is 20.8 Å². The molecule has 6 heteroatoms. The first kappa shape index (κ1) is 14.2. The van der Waals surface area contributed by atoms with Crippen LogP contribution in [0.1, 0.15) is 19.4 Å². The first-order valence-electron chi connectivity index (χ1n) is 6.07. The normalized spacial score (nSPS) is 10.2. The van der Waals surface area contributed by atoms with Crippen molar-refractivity contribution in [2.75, 3.05) is 37.3 Å². The number of carbonyl (C=O) groups is 1. The Bertz CT molecular complexity index is 417. The van der Waals surface area contributed by atoms with Gasteiger partial charge >= 0.3 is 0 Å². The lowest BCUT2D eigenvalue weighted by Crippen LogP contribution is -2.39. The van der Waals surface area contributed by atoms with Crippen molar-refractivity contribution >= 4 is 17.7 Å². The van der Waals surface area contributed by atoms with Crippen molar-refractivity contribution < 1.29 is 4.79 Å². The van der Waals surface area contributed by atoms with Crippen LogP contribution in [-0.2, 0) is 4.79 Å². The molecule has 0 aromatic carbocycles. The number of anilines is 2. The molecule has 0 saturated heterocycles. The maximum absolute atomic E-state index is 12.0. The number of nitrogens with zero attached hydrogens (tertiary/aromatic N) is 4. The predicted molar refractivity (Wildman–Crippen MR) is 72.4 cm³/mol. The van der Waals surface area contributed by atoms with Crippen LogP contribution in [0.25, 0.3) is 0 Å². The number of hydrogen-bond donors (Lipinski definition) is 1. The summed E-state index contributed by atoms with van der Waals surface area (Å²) in [6, 6.07) is 0. The maximum atomic E-state index is 12.0. The van der Waals surface area contributed by atoms with Crippen LogP contribution >= 0.6 is 0 Å². The van der Waals surface area contributed by atoms with Crippen LogP contribution in [0, 0.1) is 6.92 Å². The summed E-state index contributed by atoms with van der Waals surface area (Å²) in [5.74, 6) is 1.000. The Morgan fingerprint density at radius 1 is 1.39 bits per heavy atom. The molecule has 0 aliphatic heterocycles. The van der Waals surface area contributed by atoms with Crippen molar-refractivity contribution in [2.24, 2.45) is 0 Å². The van der Waals surface area contributed by atoms with Crippen molar-refractivity contribution in [1.29, 1.82) is 0 Å². The Labute approximate surface area is 108 Å². The summed E-state index contributed by atoms with van der Waals surface area (Å²) in [5, 5.41) is 0. The summed E-state index contributed by atoms with van der Waals surface area (Å²) in [7, 11) is 1.83. The molecule has 0 aliphatic carbocycles. The molecule has 0 radical (unpaired) electrons. The number of hydrogen-bond acceptors (Lipinski definition) is 5. The SMILES string of the molecule is CCN(CC)C(=O)CN(C)c1nc(N)ncc1C. The number of amides is 1. The van der Waals surface area contributed by atoms with Crippen molar-refractivity contribution in [2.45, 2.75) is 20.8 Å². The van der Waals surface area contributed by atoms with Crippen molar-refractivity contribution in [1.82, 2.24) is 14.9 Å². The fourth-order valence-corrected chi connectivity index (χ4v) is 1.79. The molecule has 0 unspecified atom stereocenters. The Kier molecular flexibility index (Phi) is 4.88. The maximum Gasteiger partial charge on any atom is 0.242 e. The third-order valence-electron chi connectivity index (χ3n) is 2.81. The van der Waals surface area contributed by atoms with Crippen LogP contribution in [-0.4, -0.2) is 47.5 Å². The molecule has 1 amide bonds. The minimum absolute atomic E-state index is 0.0825. The minimum Gasteiger partial charge on any atom is -0.368 e. The number of nitrogens with two attached hydrogens (primary N) is 1. The molecule has 0 bridgehead atoms. The molecule has 0 atom stereocenters. The standard InChI is InChI=1S/C12H21N5O/c1-5-17(6-2)10(18)8-16(4)11-9(3)7-14-12(13)15-11/h7H,5-6,8H2,1-4H3,(H2,13,14,15). The third kappa shape index (κ3) is 3.32. The van der Waals surface area contributed by atoms with Crippen LogP contribution in [0.15, 0.2) is 6.20 Å². The van der Waals surface area contributed by atoms with Gasteiger partial charge in [0.25, 0.3) is 0 Å². The van der Waals surface area contributed by atoms with E-state index in [1.165, 1.54) is 0 Å². The Morgan fingerprint density at radius 2 is 2.00 bits per heavy atom. The van der Waals surface area contributed by atoms with Crippen molar-refractivity contribution in [3.8, 4) is 0 Å². The Balaban J connectivity index is 2.79. The molecule has 18 heavy (non-hydrogen) atoms. The molecule has 100 valence electrons. The highest BCUT2D eigenvalue weighted by atomic mass is 16.2. The zero-order chi connectivity index (χ0) is 13.7. The summed E-state index contributed by atoms with van der Waals surface area (Å²) in [5.41, 5.74) is 6.47.